The molecule has 3 aromatic rings. The fourth-order valence-electron chi connectivity index (χ4n) is 3.87. The molecular formula is C24H24N2O4S. The standard InChI is InChI=1S/C24H24N2O4S/c1-16-13-17(2)23(18(3)14-16)25-24(27)22-15-26(20-11-7-8-12-21(20)30-22)31(28,29)19-9-5-4-6-10-19/h4-14,22H,15H2,1-3H3,(H,25,27)/t22-/m0/s1. The number of carbonyl (C=O) groups is 1. The van der Waals surface area contributed by atoms with Gasteiger partial charge in [-0.3, -0.25) is 9.10 Å². The highest BCUT2D eigenvalue weighted by molar-refractivity contribution is 7.92. The zero-order chi connectivity index (χ0) is 22.2. The van der Waals surface area contributed by atoms with Crippen LogP contribution in [0.1, 0.15) is 16.7 Å². The van der Waals surface area contributed by atoms with Gasteiger partial charge in [0.05, 0.1) is 17.1 Å². The van der Waals surface area contributed by atoms with Crippen LogP contribution in [-0.4, -0.2) is 27.0 Å². The van der Waals surface area contributed by atoms with Crippen molar-refractivity contribution in [3.05, 3.63) is 83.4 Å². The number of aryl methyl sites for hydroxylation is 3. The number of sulfonamides is 1. The van der Waals surface area contributed by atoms with Crippen molar-refractivity contribution in [2.24, 2.45) is 0 Å². The number of rotatable bonds is 4. The molecule has 0 radical (unpaired) electrons. The maximum absolute atomic E-state index is 13.4. The van der Waals surface area contributed by atoms with Crippen molar-refractivity contribution in [1.29, 1.82) is 0 Å². The molecule has 0 aliphatic carbocycles. The second kappa shape index (κ2) is 8.07. The van der Waals surface area contributed by atoms with Crippen molar-refractivity contribution in [3.8, 4) is 5.75 Å². The van der Waals surface area contributed by atoms with Crippen LogP contribution in [0.15, 0.2) is 71.6 Å². The van der Waals surface area contributed by atoms with Crippen LogP contribution in [-0.2, 0) is 14.8 Å². The zero-order valence-corrected chi connectivity index (χ0v) is 18.4. The maximum atomic E-state index is 13.4. The van der Waals surface area contributed by atoms with Gasteiger partial charge < -0.3 is 10.1 Å². The normalized spacial score (nSPS) is 15.7. The summed E-state index contributed by atoms with van der Waals surface area (Å²) in [6, 6.07) is 19.0. The molecule has 0 saturated heterocycles. The molecule has 1 N–H and O–H groups in total. The molecular weight excluding hydrogens is 412 g/mol. The number of amides is 1. The highest BCUT2D eigenvalue weighted by Gasteiger charge is 2.37. The highest BCUT2D eigenvalue weighted by atomic mass is 32.2. The van der Waals surface area contributed by atoms with Gasteiger partial charge in [0, 0.05) is 5.69 Å². The SMILES string of the molecule is Cc1cc(C)c(NC(=O)[C@@H]2CN(S(=O)(=O)c3ccccc3)c3ccccc3O2)c(C)c1. The van der Waals surface area contributed by atoms with Crippen LogP contribution < -0.4 is 14.4 Å². The van der Waals surface area contributed by atoms with Crippen molar-refractivity contribution < 1.29 is 17.9 Å². The van der Waals surface area contributed by atoms with Gasteiger partial charge in [0.25, 0.3) is 15.9 Å². The van der Waals surface area contributed by atoms with E-state index < -0.39 is 22.0 Å². The number of fused-ring (bicyclic) bond motifs is 1. The van der Waals surface area contributed by atoms with Gasteiger partial charge in [-0.15, -0.1) is 0 Å². The summed E-state index contributed by atoms with van der Waals surface area (Å²) < 4.78 is 33.9. The first kappa shape index (κ1) is 20.9. The Bertz CT molecular complexity index is 1220. The molecule has 3 aromatic carbocycles. The summed E-state index contributed by atoms with van der Waals surface area (Å²) in [4.78, 5) is 13.3. The second-order valence-electron chi connectivity index (χ2n) is 7.69. The molecule has 31 heavy (non-hydrogen) atoms. The number of carbonyl (C=O) groups excluding carboxylic acids is 1. The number of nitrogens with zero attached hydrogens (tertiary/aromatic N) is 1. The summed E-state index contributed by atoms with van der Waals surface area (Å²) in [5.41, 5.74) is 4.12. The van der Waals surface area contributed by atoms with Gasteiger partial charge in [-0.2, -0.15) is 0 Å². The molecule has 0 aromatic heterocycles. The van der Waals surface area contributed by atoms with Gasteiger partial charge in [0.2, 0.25) is 0 Å². The Labute approximate surface area is 182 Å². The Balaban J connectivity index is 1.68. The predicted molar refractivity (Wildman–Crippen MR) is 121 cm³/mol. The van der Waals surface area contributed by atoms with Crippen molar-refractivity contribution in [2.45, 2.75) is 31.8 Å². The topological polar surface area (TPSA) is 75.7 Å². The molecule has 0 fully saturated rings. The molecule has 7 heteroatoms. The van der Waals surface area contributed by atoms with E-state index >= 15 is 0 Å². The van der Waals surface area contributed by atoms with Crippen LogP contribution in [0.2, 0.25) is 0 Å². The van der Waals surface area contributed by atoms with Crippen LogP contribution in [0.3, 0.4) is 0 Å². The lowest BCUT2D eigenvalue weighted by atomic mass is 10.0. The van der Waals surface area contributed by atoms with E-state index in [0.29, 0.717) is 11.4 Å². The quantitative estimate of drug-likeness (QED) is 0.665. The lowest BCUT2D eigenvalue weighted by molar-refractivity contribution is -0.122. The number of nitrogens with one attached hydrogen (secondary N) is 1. The molecule has 1 heterocycles. The third kappa shape index (κ3) is 4.01. The minimum atomic E-state index is -3.86. The van der Waals surface area contributed by atoms with E-state index in [1.54, 1.807) is 54.6 Å². The van der Waals surface area contributed by atoms with Crippen LogP contribution in [0, 0.1) is 20.8 Å². The first-order valence-electron chi connectivity index (χ1n) is 9.99. The van der Waals surface area contributed by atoms with E-state index in [2.05, 4.69) is 5.32 Å². The Morgan fingerprint density at radius 3 is 2.26 bits per heavy atom. The van der Waals surface area contributed by atoms with Crippen molar-refractivity contribution in [2.75, 3.05) is 16.2 Å². The monoisotopic (exact) mass is 436 g/mol. The number of para-hydroxylation sites is 2. The van der Waals surface area contributed by atoms with E-state index in [9.17, 15) is 13.2 Å². The molecule has 4 rings (SSSR count). The first-order valence-corrected chi connectivity index (χ1v) is 11.4. The number of benzene rings is 3. The van der Waals surface area contributed by atoms with Gasteiger partial charge >= 0.3 is 0 Å². The van der Waals surface area contributed by atoms with Gasteiger partial charge in [-0.25, -0.2) is 8.42 Å². The minimum absolute atomic E-state index is 0.121. The molecule has 1 aliphatic rings. The largest absolute Gasteiger partial charge is 0.476 e. The molecule has 0 spiro atoms. The van der Waals surface area contributed by atoms with Crippen LogP contribution in [0.25, 0.3) is 0 Å². The van der Waals surface area contributed by atoms with E-state index in [1.165, 1.54) is 4.31 Å². The van der Waals surface area contributed by atoms with E-state index in [-0.39, 0.29) is 11.4 Å². The summed E-state index contributed by atoms with van der Waals surface area (Å²) in [5.74, 6) is -0.0384. The van der Waals surface area contributed by atoms with Crippen LogP contribution >= 0.6 is 0 Å². The molecule has 0 unspecified atom stereocenters. The average Bonchev–Trinajstić information content (AvgIpc) is 2.75. The Morgan fingerprint density at radius 1 is 0.968 bits per heavy atom. The lowest BCUT2D eigenvalue weighted by Gasteiger charge is -2.34. The number of hydrogen-bond acceptors (Lipinski definition) is 4. The molecule has 0 saturated carbocycles. The number of anilines is 2. The summed E-state index contributed by atoms with van der Waals surface area (Å²) in [6.45, 7) is 5.74. The summed E-state index contributed by atoms with van der Waals surface area (Å²) in [5, 5.41) is 2.93. The Kier molecular flexibility index (Phi) is 5.45. The van der Waals surface area contributed by atoms with Crippen molar-refractivity contribution >= 4 is 27.3 Å². The average molecular weight is 437 g/mol. The minimum Gasteiger partial charge on any atom is -0.476 e. The Morgan fingerprint density at radius 2 is 1.58 bits per heavy atom. The second-order valence-corrected chi connectivity index (χ2v) is 9.55. The highest BCUT2D eigenvalue weighted by Crippen LogP contribution is 2.37. The zero-order valence-electron chi connectivity index (χ0n) is 17.6. The van der Waals surface area contributed by atoms with Crippen LogP contribution in [0.4, 0.5) is 11.4 Å². The maximum Gasteiger partial charge on any atom is 0.267 e. The van der Waals surface area contributed by atoms with Gasteiger partial charge in [0.1, 0.15) is 5.75 Å². The number of hydrogen-bond donors (Lipinski definition) is 1. The smallest absolute Gasteiger partial charge is 0.267 e. The summed E-state index contributed by atoms with van der Waals surface area (Å²) in [7, 11) is -3.86. The molecule has 1 amide bonds. The van der Waals surface area contributed by atoms with E-state index in [1.807, 2.05) is 32.9 Å². The van der Waals surface area contributed by atoms with Crippen molar-refractivity contribution in [1.82, 2.24) is 0 Å². The predicted octanol–water partition coefficient (Wildman–Crippen LogP) is 4.21. The number of ether oxygens (including phenoxy) is 1. The third-order valence-corrected chi connectivity index (χ3v) is 7.08. The third-order valence-electron chi connectivity index (χ3n) is 5.28. The van der Waals surface area contributed by atoms with Crippen molar-refractivity contribution in [3.63, 3.8) is 0 Å². The fourth-order valence-corrected chi connectivity index (χ4v) is 5.36. The molecule has 1 aliphatic heterocycles. The first-order chi connectivity index (χ1) is 14.8. The molecule has 160 valence electrons. The van der Waals surface area contributed by atoms with Crippen LogP contribution in [0.5, 0.6) is 5.75 Å². The summed E-state index contributed by atoms with van der Waals surface area (Å²) in [6.07, 6.45) is -0.992. The Hall–Kier alpha value is -3.32. The van der Waals surface area contributed by atoms with Gasteiger partial charge in [-0.05, 0) is 56.2 Å². The molecule has 1 atom stereocenters. The van der Waals surface area contributed by atoms with E-state index in [0.717, 1.165) is 22.4 Å². The fraction of sp³-hybridized carbons (Fsp3) is 0.208. The molecule has 0 bridgehead atoms. The van der Waals surface area contributed by atoms with E-state index in [4.69, 9.17) is 4.74 Å². The summed E-state index contributed by atoms with van der Waals surface area (Å²) >= 11 is 0. The van der Waals surface area contributed by atoms with Gasteiger partial charge in [0.15, 0.2) is 6.10 Å². The lowest BCUT2D eigenvalue weighted by Crippen LogP contribution is -2.48. The van der Waals surface area contributed by atoms with Gasteiger partial charge in [-0.1, -0.05) is 48.0 Å². The molecule has 6 nitrogen and oxygen atoms in total.